The minimum absolute atomic E-state index is 0.626. The van der Waals surface area contributed by atoms with Crippen molar-refractivity contribution in [1.29, 1.82) is 0 Å². The van der Waals surface area contributed by atoms with Gasteiger partial charge >= 0.3 is 0 Å². The molecule has 0 aliphatic rings. The average Bonchev–Trinajstić information content (AvgIpc) is 2.62. The first kappa shape index (κ1) is 16.3. The van der Waals surface area contributed by atoms with E-state index in [0.717, 1.165) is 29.8 Å². The molecule has 0 atom stereocenters. The molecule has 0 spiro atoms. The molecule has 0 amide bonds. The number of thiocarbonyl (C=S) groups is 1. The Hall–Kier alpha value is -2.59. The van der Waals surface area contributed by atoms with Crippen LogP contribution in [0.1, 0.15) is 5.56 Å². The fourth-order valence-electron chi connectivity index (χ4n) is 2.72. The Kier molecular flexibility index (Phi) is 5.29. The van der Waals surface area contributed by atoms with Gasteiger partial charge in [0, 0.05) is 17.6 Å². The van der Waals surface area contributed by atoms with E-state index in [4.69, 9.17) is 17.0 Å². The molecular formula is C20H20N2OS. The zero-order valence-corrected chi connectivity index (χ0v) is 14.4. The molecule has 0 bridgehead atoms. The summed E-state index contributed by atoms with van der Waals surface area (Å²) in [7, 11) is 1.69. The molecule has 24 heavy (non-hydrogen) atoms. The van der Waals surface area contributed by atoms with Crippen molar-refractivity contribution < 1.29 is 4.74 Å². The minimum Gasteiger partial charge on any atom is -0.496 e. The molecule has 0 aromatic heterocycles. The van der Waals surface area contributed by atoms with Crippen molar-refractivity contribution in [2.75, 3.05) is 19.0 Å². The Labute approximate surface area is 147 Å². The minimum atomic E-state index is 0.626. The van der Waals surface area contributed by atoms with Crippen molar-refractivity contribution in [3.63, 3.8) is 0 Å². The molecule has 0 saturated carbocycles. The Morgan fingerprint density at radius 3 is 2.58 bits per heavy atom. The van der Waals surface area contributed by atoms with Crippen molar-refractivity contribution in [2.45, 2.75) is 6.42 Å². The van der Waals surface area contributed by atoms with Crippen LogP contribution in [-0.2, 0) is 6.42 Å². The van der Waals surface area contributed by atoms with E-state index in [2.05, 4.69) is 34.9 Å². The van der Waals surface area contributed by atoms with Gasteiger partial charge in [-0.05, 0) is 41.7 Å². The lowest BCUT2D eigenvalue weighted by Gasteiger charge is -2.13. The second-order valence-corrected chi connectivity index (χ2v) is 5.88. The van der Waals surface area contributed by atoms with Crippen LogP contribution in [0.3, 0.4) is 0 Å². The maximum absolute atomic E-state index is 5.42. The van der Waals surface area contributed by atoms with Gasteiger partial charge in [0.2, 0.25) is 0 Å². The number of hydrogen-bond donors (Lipinski definition) is 2. The van der Waals surface area contributed by atoms with Gasteiger partial charge in [-0.15, -0.1) is 0 Å². The average molecular weight is 336 g/mol. The normalized spacial score (nSPS) is 10.4. The summed E-state index contributed by atoms with van der Waals surface area (Å²) in [6.45, 7) is 0.747. The molecule has 0 heterocycles. The van der Waals surface area contributed by atoms with E-state index < -0.39 is 0 Å². The van der Waals surface area contributed by atoms with Crippen LogP contribution in [0.4, 0.5) is 5.69 Å². The number of methoxy groups -OCH3 is 1. The summed E-state index contributed by atoms with van der Waals surface area (Å²) in [6, 6.07) is 22.5. The van der Waals surface area contributed by atoms with Gasteiger partial charge in [-0.2, -0.15) is 0 Å². The lowest BCUT2D eigenvalue weighted by atomic mass is 10.1. The van der Waals surface area contributed by atoms with Gasteiger partial charge in [0.25, 0.3) is 0 Å². The third kappa shape index (κ3) is 3.84. The van der Waals surface area contributed by atoms with Crippen molar-refractivity contribution in [3.05, 3.63) is 72.3 Å². The first-order chi connectivity index (χ1) is 11.8. The lowest BCUT2D eigenvalue weighted by molar-refractivity contribution is 0.409. The van der Waals surface area contributed by atoms with Crippen molar-refractivity contribution in [2.24, 2.45) is 0 Å². The van der Waals surface area contributed by atoms with Gasteiger partial charge in [-0.1, -0.05) is 54.6 Å². The van der Waals surface area contributed by atoms with E-state index in [1.54, 1.807) is 7.11 Å². The summed E-state index contributed by atoms with van der Waals surface area (Å²) >= 11 is 5.42. The Balaban J connectivity index is 1.59. The van der Waals surface area contributed by atoms with Gasteiger partial charge in [-0.3, -0.25) is 0 Å². The zero-order valence-electron chi connectivity index (χ0n) is 13.6. The highest BCUT2D eigenvalue weighted by atomic mass is 32.1. The standard InChI is InChI=1S/C20H20N2OS/c1-23-19-12-5-3-8-16(19)13-14-21-20(24)22-18-11-6-9-15-7-2-4-10-17(15)18/h2-12H,13-14H2,1H3,(H2,21,22,24). The van der Waals surface area contributed by atoms with Crippen LogP contribution >= 0.6 is 12.2 Å². The predicted molar refractivity (Wildman–Crippen MR) is 105 cm³/mol. The van der Waals surface area contributed by atoms with Gasteiger partial charge in [-0.25, -0.2) is 0 Å². The first-order valence-electron chi connectivity index (χ1n) is 7.92. The molecule has 3 aromatic carbocycles. The first-order valence-corrected chi connectivity index (χ1v) is 8.33. The van der Waals surface area contributed by atoms with Crippen LogP contribution in [0, 0.1) is 0 Å². The molecular weight excluding hydrogens is 316 g/mol. The Morgan fingerprint density at radius 1 is 0.958 bits per heavy atom. The summed E-state index contributed by atoms with van der Waals surface area (Å²) in [4.78, 5) is 0. The van der Waals surface area contributed by atoms with Crippen molar-refractivity contribution in [3.8, 4) is 5.75 Å². The van der Waals surface area contributed by atoms with Crippen molar-refractivity contribution >= 4 is 33.8 Å². The van der Waals surface area contributed by atoms with E-state index >= 15 is 0 Å². The van der Waals surface area contributed by atoms with Gasteiger partial charge in [0.05, 0.1) is 7.11 Å². The quantitative estimate of drug-likeness (QED) is 0.678. The molecule has 4 heteroatoms. The second-order valence-electron chi connectivity index (χ2n) is 5.47. The van der Waals surface area contributed by atoms with Crippen LogP contribution in [0.15, 0.2) is 66.7 Å². The number of fused-ring (bicyclic) bond motifs is 1. The summed E-state index contributed by atoms with van der Waals surface area (Å²) in [6.07, 6.45) is 0.849. The Morgan fingerprint density at radius 2 is 1.71 bits per heavy atom. The summed E-state index contributed by atoms with van der Waals surface area (Å²) < 4.78 is 5.37. The highest BCUT2D eigenvalue weighted by Crippen LogP contribution is 2.22. The predicted octanol–water partition coefficient (Wildman–Crippen LogP) is 4.38. The van der Waals surface area contributed by atoms with Crippen molar-refractivity contribution in [1.82, 2.24) is 5.32 Å². The molecule has 3 rings (SSSR count). The lowest BCUT2D eigenvalue weighted by Crippen LogP contribution is -2.30. The molecule has 0 radical (unpaired) electrons. The molecule has 122 valence electrons. The second kappa shape index (κ2) is 7.79. The van der Waals surface area contributed by atoms with E-state index in [1.807, 2.05) is 42.5 Å². The third-order valence-electron chi connectivity index (χ3n) is 3.91. The van der Waals surface area contributed by atoms with Crippen LogP contribution in [0.25, 0.3) is 10.8 Å². The number of para-hydroxylation sites is 1. The van der Waals surface area contributed by atoms with Gasteiger partial charge < -0.3 is 15.4 Å². The maximum Gasteiger partial charge on any atom is 0.170 e. The smallest absolute Gasteiger partial charge is 0.170 e. The number of anilines is 1. The van der Waals surface area contributed by atoms with Gasteiger partial charge in [0.1, 0.15) is 5.75 Å². The molecule has 0 aliphatic heterocycles. The Bertz CT molecular complexity index is 842. The van der Waals surface area contributed by atoms with E-state index in [-0.39, 0.29) is 0 Å². The fraction of sp³-hybridized carbons (Fsp3) is 0.150. The third-order valence-corrected chi connectivity index (χ3v) is 4.16. The molecule has 0 fully saturated rings. The zero-order chi connectivity index (χ0) is 16.8. The fourth-order valence-corrected chi connectivity index (χ4v) is 2.93. The number of rotatable bonds is 5. The van der Waals surface area contributed by atoms with E-state index in [1.165, 1.54) is 10.9 Å². The molecule has 0 saturated heterocycles. The summed E-state index contributed by atoms with van der Waals surface area (Å²) in [5, 5.41) is 9.53. The number of ether oxygens (including phenoxy) is 1. The van der Waals surface area contributed by atoms with Crippen LogP contribution in [0.2, 0.25) is 0 Å². The molecule has 3 nitrogen and oxygen atoms in total. The maximum atomic E-state index is 5.42. The summed E-state index contributed by atoms with van der Waals surface area (Å²) in [5.41, 5.74) is 2.18. The van der Waals surface area contributed by atoms with Crippen LogP contribution < -0.4 is 15.4 Å². The monoisotopic (exact) mass is 336 g/mol. The van der Waals surface area contributed by atoms with E-state index in [9.17, 15) is 0 Å². The highest BCUT2D eigenvalue weighted by molar-refractivity contribution is 7.80. The number of nitrogens with one attached hydrogen (secondary N) is 2. The van der Waals surface area contributed by atoms with Crippen LogP contribution in [-0.4, -0.2) is 18.8 Å². The van der Waals surface area contributed by atoms with E-state index in [0.29, 0.717) is 5.11 Å². The molecule has 0 aliphatic carbocycles. The van der Waals surface area contributed by atoms with Crippen LogP contribution in [0.5, 0.6) is 5.75 Å². The molecule has 0 unspecified atom stereocenters. The molecule has 3 aromatic rings. The molecule has 2 N–H and O–H groups in total. The summed E-state index contributed by atoms with van der Waals surface area (Å²) in [5.74, 6) is 0.909. The SMILES string of the molecule is COc1ccccc1CCNC(=S)Nc1cccc2ccccc12. The topological polar surface area (TPSA) is 33.3 Å². The highest BCUT2D eigenvalue weighted by Gasteiger charge is 2.04. The largest absolute Gasteiger partial charge is 0.496 e. The number of hydrogen-bond acceptors (Lipinski definition) is 2. The number of benzene rings is 3. The van der Waals surface area contributed by atoms with Gasteiger partial charge in [0.15, 0.2) is 5.11 Å².